The van der Waals surface area contributed by atoms with E-state index in [2.05, 4.69) is 65.0 Å². The molecular formula is C15H18N2S. The SMILES string of the molecule is CSc1ccc(Nc2cccc(N(C)C)c2)cc1. The second-order valence-electron chi connectivity index (χ2n) is 4.30. The highest BCUT2D eigenvalue weighted by Gasteiger charge is 1.98. The average molecular weight is 258 g/mol. The van der Waals surface area contributed by atoms with Crippen molar-refractivity contribution >= 4 is 28.8 Å². The molecule has 0 saturated heterocycles. The van der Waals surface area contributed by atoms with Crippen molar-refractivity contribution in [1.82, 2.24) is 0 Å². The molecule has 0 atom stereocenters. The summed E-state index contributed by atoms with van der Waals surface area (Å²) < 4.78 is 0. The van der Waals surface area contributed by atoms with E-state index in [-0.39, 0.29) is 0 Å². The van der Waals surface area contributed by atoms with E-state index in [9.17, 15) is 0 Å². The molecule has 0 spiro atoms. The maximum absolute atomic E-state index is 3.41. The number of benzene rings is 2. The molecule has 0 bridgehead atoms. The summed E-state index contributed by atoms with van der Waals surface area (Å²) in [6.45, 7) is 0. The average Bonchev–Trinajstić information content (AvgIpc) is 2.40. The van der Waals surface area contributed by atoms with Crippen LogP contribution in [0.2, 0.25) is 0 Å². The van der Waals surface area contributed by atoms with E-state index in [1.807, 2.05) is 14.1 Å². The van der Waals surface area contributed by atoms with Crippen molar-refractivity contribution in [3.63, 3.8) is 0 Å². The number of nitrogens with one attached hydrogen (secondary N) is 1. The number of hydrogen-bond acceptors (Lipinski definition) is 3. The normalized spacial score (nSPS) is 10.2. The van der Waals surface area contributed by atoms with Crippen molar-refractivity contribution in [3.8, 4) is 0 Å². The molecule has 2 aromatic carbocycles. The summed E-state index contributed by atoms with van der Waals surface area (Å²) in [4.78, 5) is 3.38. The molecule has 0 heterocycles. The Hall–Kier alpha value is -1.61. The molecule has 2 nitrogen and oxygen atoms in total. The fourth-order valence-corrected chi connectivity index (χ4v) is 2.11. The Morgan fingerprint density at radius 2 is 1.67 bits per heavy atom. The van der Waals surface area contributed by atoms with E-state index in [1.54, 1.807) is 11.8 Å². The van der Waals surface area contributed by atoms with E-state index in [4.69, 9.17) is 0 Å². The molecule has 18 heavy (non-hydrogen) atoms. The van der Waals surface area contributed by atoms with Crippen molar-refractivity contribution in [2.45, 2.75) is 4.90 Å². The summed E-state index contributed by atoms with van der Waals surface area (Å²) >= 11 is 1.76. The minimum atomic E-state index is 1.11. The van der Waals surface area contributed by atoms with Gasteiger partial charge in [0.25, 0.3) is 0 Å². The van der Waals surface area contributed by atoms with Gasteiger partial charge in [-0.3, -0.25) is 0 Å². The maximum Gasteiger partial charge on any atom is 0.0405 e. The van der Waals surface area contributed by atoms with Crippen LogP contribution in [0.4, 0.5) is 17.1 Å². The third-order valence-corrected chi connectivity index (χ3v) is 3.48. The van der Waals surface area contributed by atoms with Crippen LogP contribution >= 0.6 is 11.8 Å². The van der Waals surface area contributed by atoms with Crippen molar-refractivity contribution in [3.05, 3.63) is 48.5 Å². The zero-order valence-corrected chi connectivity index (χ0v) is 11.8. The van der Waals surface area contributed by atoms with Gasteiger partial charge in [-0.05, 0) is 48.7 Å². The summed E-state index contributed by atoms with van der Waals surface area (Å²) in [5, 5.41) is 3.41. The maximum atomic E-state index is 3.41. The third-order valence-electron chi connectivity index (χ3n) is 2.74. The van der Waals surface area contributed by atoms with Crippen molar-refractivity contribution in [2.75, 3.05) is 30.6 Å². The lowest BCUT2D eigenvalue weighted by Crippen LogP contribution is -2.08. The minimum absolute atomic E-state index is 1.11. The van der Waals surface area contributed by atoms with E-state index in [1.165, 1.54) is 10.6 Å². The summed E-state index contributed by atoms with van der Waals surface area (Å²) in [7, 11) is 4.10. The van der Waals surface area contributed by atoms with Crippen molar-refractivity contribution in [1.29, 1.82) is 0 Å². The molecule has 2 rings (SSSR count). The molecule has 1 N–H and O–H groups in total. The van der Waals surface area contributed by atoms with Gasteiger partial charge < -0.3 is 10.2 Å². The first kappa shape index (κ1) is 12.8. The predicted molar refractivity (Wildman–Crippen MR) is 82.3 cm³/mol. The lowest BCUT2D eigenvalue weighted by atomic mass is 10.2. The quantitative estimate of drug-likeness (QED) is 0.827. The van der Waals surface area contributed by atoms with E-state index < -0.39 is 0 Å². The summed E-state index contributed by atoms with van der Waals surface area (Å²) in [5.41, 5.74) is 3.42. The van der Waals surface area contributed by atoms with Crippen LogP contribution in [0, 0.1) is 0 Å². The standard InChI is InChI=1S/C15H18N2S/c1-17(2)14-6-4-5-13(11-14)16-12-7-9-15(18-3)10-8-12/h4-11,16H,1-3H3. The number of thioether (sulfide) groups is 1. The molecule has 0 unspecified atom stereocenters. The van der Waals surface area contributed by atoms with Crippen LogP contribution in [0.15, 0.2) is 53.4 Å². The fraction of sp³-hybridized carbons (Fsp3) is 0.200. The number of hydrogen-bond donors (Lipinski definition) is 1. The molecule has 0 aromatic heterocycles. The Kier molecular flexibility index (Phi) is 4.15. The Bertz CT molecular complexity index is 506. The van der Waals surface area contributed by atoms with Crippen LogP contribution in [-0.4, -0.2) is 20.4 Å². The zero-order chi connectivity index (χ0) is 13.0. The van der Waals surface area contributed by atoms with Gasteiger partial charge in [-0.1, -0.05) is 6.07 Å². The van der Waals surface area contributed by atoms with Gasteiger partial charge in [-0.15, -0.1) is 11.8 Å². The van der Waals surface area contributed by atoms with Crippen LogP contribution in [0.25, 0.3) is 0 Å². The van der Waals surface area contributed by atoms with Gasteiger partial charge in [-0.2, -0.15) is 0 Å². The third kappa shape index (κ3) is 3.20. The number of nitrogens with zero attached hydrogens (tertiary/aromatic N) is 1. The molecule has 0 aliphatic carbocycles. The molecule has 0 radical (unpaired) electrons. The Labute approximate surface area is 113 Å². The Balaban J connectivity index is 2.15. The van der Waals surface area contributed by atoms with Gasteiger partial charge >= 0.3 is 0 Å². The van der Waals surface area contributed by atoms with Crippen LogP contribution in [-0.2, 0) is 0 Å². The van der Waals surface area contributed by atoms with Crippen LogP contribution in [0.1, 0.15) is 0 Å². The fourth-order valence-electron chi connectivity index (χ4n) is 1.70. The van der Waals surface area contributed by atoms with Gasteiger partial charge in [-0.25, -0.2) is 0 Å². The first-order valence-corrected chi connectivity index (χ1v) is 7.10. The van der Waals surface area contributed by atoms with Gasteiger partial charge in [0, 0.05) is 36.1 Å². The summed E-state index contributed by atoms with van der Waals surface area (Å²) in [6.07, 6.45) is 2.09. The van der Waals surface area contributed by atoms with E-state index in [0.29, 0.717) is 0 Å². The highest BCUT2D eigenvalue weighted by molar-refractivity contribution is 7.98. The molecule has 3 heteroatoms. The van der Waals surface area contributed by atoms with Gasteiger partial charge in [0.1, 0.15) is 0 Å². The monoisotopic (exact) mass is 258 g/mol. The topological polar surface area (TPSA) is 15.3 Å². The zero-order valence-electron chi connectivity index (χ0n) is 11.0. The predicted octanol–water partition coefficient (Wildman–Crippen LogP) is 4.22. The summed E-state index contributed by atoms with van der Waals surface area (Å²) in [6, 6.07) is 16.8. The molecular weight excluding hydrogens is 240 g/mol. The van der Waals surface area contributed by atoms with E-state index >= 15 is 0 Å². The van der Waals surface area contributed by atoms with Crippen molar-refractivity contribution < 1.29 is 0 Å². The highest BCUT2D eigenvalue weighted by atomic mass is 32.2. The van der Waals surface area contributed by atoms with Crippen LogP contribution < -0.4 is 10.2 Å². The van der Waals surface area contributed by atoms with Gasteiger partial charge in [0.05, 0.1) is 0 Å². The molecule has 94 valence electrons. The van der Waals surface area contributed by atoms with E-state index in [0.717, 1.165) is 11.4 Å². The molecule has 0 amide bonds. The van der Waals surface area contributed by atoms with Crippen LogP contribution in [0.3, 0.4) is 0 Å². The molecule has 0 fully saturated rings. The van der Waals surface area contributed by atoms with Gasteiger partial charge in [0.15, 0.2) is 0 Å². The van der Waals surface area contributed by atoms with Crippen molar-refractivity contribution in [2.24, 2.45) is 0 Å². The Morgan fingerprint density at radius 3 is 2.28 bits per heavy atom. The number of rotatable bonds is 4. The summed E-state index contributed by atoms with van der Waals surface area (Å²) in [5.74, 6) is 0. The first-order chi connectivity index (χ1) is 8.69. The molecule has 0 aliphatic rings. The lowest BCUT2D eigenvalue weighted by Gasteiger charge is -2.14. The highest BCUT2D eigenvalue weighted by Crippen LogP contribution is 2.23. The minimum Gasteiger partial charge on any atom is -0.378 e. The van der Waals surface area contributed by atoms with Crippen LogP contribution in [0.5, 0.6) is 0 Å². The molecule has 0 aliphatic heterocycles. The second-order valence-corrected chi connectivity index (χ2v) is 5.18. The second kappa shape index (κ2) is 5.83. The largest absolute Gasteiger partial charge is 0.378 e. The lowest BCUT2D eigenvalue weighted by molar-refractivity contribution is 1.13. The number of anilines is 3. The smallest absolute Gasteiger partial charge is 0.0405 e. The first-order valence-electron chi connectivity index (χ1n) is 5.87. The molecule has 2 aromatic rings. The van der Waals surface area contributed by atoms with Gasteiger partial charge in [0.2, 0.25) is 0 Å². The Morgan fingerprint density at radius 1 is 0.944 bits per heavy atom. The molecule has 0 saturated carbocycles.